The van der Waals surface area contributed by atoms with Crippen LogP contribution >= 0.6 is 40.4 Å². The zero-order chi connectivity index (χ0) is 56.3. The second-order valence-corrected chi connectivity index (χ2v) is 25.5. The van der Waals surface area contributed by atoms with E-state index in [2.05, 4.69) is 240 Å². The van der Waals surface area contributed by atoms with Gasteiger partial charge in [0, 0.05) is 43.8 Å². The first-order valence-electron chi connectivity index (χ1n) is 26.8. The molecule has 8 aromatic carbocycles. The van der Waals surface area contributed by atoms with Gasteiger partial charge >= 0.3 is 17.2 Å². The minimum Gasteiger partial charge on any atom is -0.427 e. The van der Waals surface area contributed by atoms with Gasteiger partial charge in [-0.3, -0.25) is 0 Å². The van der Waals surface area contributed by atoms with Crippen molar-refractivity contribution < 1.29 is 28.6 Å². The molecule has 4 unspecified atom stereocenters. The lowest BCUT2D eigenvalue weighted by Crippen LogP contribution is -2.57. The van der Waals surface area contributed by atoms with E-state index in [1.54, 1.807) is 0 Å². The second kappa shape index (κ2) is 24.2. The van der Waals surface area contributed by atoms with Gasteiger partial charge in [0.2, 0.25) is 0 Å². The molecule has 78 heavy (non-hydrogen) atoms. The molecule has 10 heteroatoms. The minimum atomic E-state index is -2.79. The standard InChI is InChI=1S/C68H74Cl2O6P2/c1-44-36-63(75-77(71)72)61(65(6,7)8)40-59(44)68(43-50-26-18-13-19-27-50,60-41-62(66(9,10)11)64(37-45(60)2)76-78(73)74)67(42-49-24-16-12-17-25-49,58-35-33-54(70)39-57(58)47(4)52-30-22-15-23-31-52)48(5)55-34-32-53(69)38-56(55)46(3)51-28-20-14-21-29-51/h12-41,46-48,71-74H,42-43H2,1-11H3. The van der Waals surface area contributed by atoms with E-state index in [9.17, 15) is 19.6 Å². The third-order valence-corrected chi connectivity index (χ3v) is 17.4. The van der Waals surface area contributed by atoms with Gasteiger partial charge in [-0.05, 0) is 147 Å². The summed E-state index contributed by atoms with van der Waals surface area (Å²) >= 11 is 14.6. The zero-order valence-corrected chi connectivity index (χ0v) is 50.0. The van der Waals surface area contributed by atoms with Crippen molar-refractivity contribution in [1.29, 1.82) is 0 Å². The topological polar surface area (TPSA) is 99.4 Å². The highest BCUT2D eigenvalue weighted by atomic mass is 35.5. The van der Waals surface area contributed by atoms with Gasteiger partial charge in [-0.1, -0.05) is 231 Å². The third-order valence-electron chi connectivity index (χ3n) is 16.2. The molecule has 0 spiro atoms. The quantitative estimate of drug-likeness (QED) is 0.0639. The largest absolute Gasteiger partial charge is 0.427 e. The van der Waals surface area contributed by atoms with Crippen molar-refractivity contribution in [3.63, 3.8) is 0 Å². The molecule has 406 valence electrons. The summed E-state index contributed by atoms with van der Waals surface area (Å²) < 4.78 is 12.1. The Labute approximate surface area is 476 Å². The molecule has 8 rings (SSSR count). The summed E-state index contributed by atoms with van der Waals surface area (Å²) in [6.45, 7) is 24.0. The molecule has 0 fully saturated rings. The maximum Gasteiger partial charge on any atom is 0.391 e. The van der Waals surface area contributed by atoms with Gasteiger partial charge in [0.05, 0.1) is 0 Å². The highest BCUT2D eigenvalue weighted by Crippen LogP contribution is 2.64. The number of aryl methyl sites for hydroxylation is 2. The normalized spacial score (nSPS) is 14.2. The molecule has 4 atom stereocenters. The monoisotopic (exact) mass is 1120 g/mol. The highest BCUT2D eigenvalue weighted by molar-refractivity contribution is 7.40. The van der Waals surface area contributed by atoms with Crippen molar-refractivity contribution in [3.05, 3.63) is 270 Å². The summed E-state index contributed by atoms with van der Waals surface area (Å²) in [7, 11) is -5.57. The molecule has 0 aliphatic carbocycles. The van der Waals surface area contributed by atoms with Gasteiger partial charge in [0.15, 0.2) is 0 Å². The van der Waals surface area contributed by atoms with Crippen LogP contribution in [0.2, 0.25) is 10.0 Å². The number of hydrogen-bond acceptors (Lipinski definition) is 6. The molecule has 8 aromatic rings. The predicted molar refractivity (Wildman–Crippen MR) is 326 cm³/mol. The first-order chi connectivity index (χ1) is 37.0. The molecule has 0 aliphatic heterocycles. The van der Waals surface area contributed by atoms with Crippen molar-refractivity contribution >= 4 is 40.4 Å². The maximum atomic E-state index is 10.7. The molecule has 0 aliphatic rings. The van der Waals surface area contributed by atoms with Crippen molar-refractivity contribution in [3.8, 4) is 11.5 Å². The molecule has 0 bridgehead atoms. The van der Waals surface area contributed by atoms with Crippen LogP contribution in [-0.2, 0) is 34.5 Å². The average Bonchev–Trinajstić information content (AvgIpc) is 2.75. The van der Waals surface area contributed by atoms with Gasteiger partial charge in [-0.25, -0.2) is 0 Å². The maximum absolute atomic E-state index is 10.7. The number of rotatable bonds is 18. The molecule has 0 saturated carbocycles. The molecule has 0 amide bonds. The first kappa shape index (κ1) is 58.8. The van der Waals surface area contributed by atoms with Gasteiger partial charge in [-0.15, -0.1) is 0 Å². The molecule has 4 N–H and O–H groups in total. The summed E-state index contributed by atoms with van der Waals surface area (Å²) in [5.41, 5.74) is 10.9. The van der Waals surface area contributed by atoms with E-state index in [0.717, 1.165) is 77.9 Å². The first-order valence-corrected chi connectivity index (χ1v) is 29.8. The summed E-state index contributed by atoms with van der Waals surface area (Å²) in [6.07, 6.45) is 0.959. The van der Waals surface area contributed by atoms with Gasteiger partial charge in [-0.2, -0.15) is 0 Å². The Bertz CT molecular complexity index is 3240. The summed E-state index contributed by atoms with van der Waals surface area (Å²) in [4.78, 5) is 42.7. The predicted octanol–water partition coefficient (Wildman–Crippen LogP) is 18.2. The number of hydrogen-bond donors (Lipinski definition) is 4. The van der Waals surface area contributed by atoms with Gasteiger partial charge < -0.3 is 28.6 Å². The Hall–Kier alpha value is -5.36. The van der Waals surface area contributed by atoms with Crippen molar-refractivity contribution in [2.45, 2.75) is 128 Å². The molecule has 0 radical (unpaired) electrons. The van der Waals surface area contributed by atoms with Gasteiger partial charge in [0.1, 0.15) is 11.5 Å². The Kier molecular flexibility index (Phi) is 18.2. The molecular weight excluding hydrogens is 1050 g/mol. The lowest BCUT2D eigenvalue weighted by molar-refractivity contribution is 0.203. The van der Waals surface area contributed by atoms with E-state index in [4.69, 9.17) is 32.2 Å². The van der Waals surface area contributed by atoms with E-state index >= 15 is 0 Å². The van der Waals surface area contributed by atoms with Crippen LogP contribution in [0.1, 0.15) is 158 Å². The number of halogens is 2. The van der Waals surface area contributed by atoms with Crippen LogP contribution < -0.4 is 9.05 Å². The minimum absolute atomic E-state index is 0.0803. The molecule has 6 nitrogen and oxygen atoms in total. The fourth-order valence-corrected chi connectivity index (χ4v) is 13.5. The lowest BCUT2D eigenvalue weighted by atomic mass is 9.44. The second-order valence-electron chi connectivity index (χ2n) is 23.2. The van der Waals surface area contributed by atoms with E-state index < -0.39 is 38.9 Å². The summed E-state index contributed by atoms with van der Waals surface area (Å²) in [5.74, 6) is 0.187. The smallest absolute Gasteiger partial charge is 0.391 e. The zero-order valence-electron chi connectivity index (χ0n) is 46.7. The molecule has 0 heterocycles. The SMILES string of the molecule is Cc1cc(OP(O)O)c(C(C)(C)C)cc1C(Cc1ccccc1)(c1cc(C(C)(C)C)c(OP(O)O)cc1C)C(Cc1ccccc1)(c1ccc(Cl)cc1C(C)c1ccccc1)C(C)c1ccc(Cl)cc1C(C)c1ccccc1. The highest BCUT2D eigenvalue weighted by Gasteiger charge is 2.60. The van der Waals surface area contributed by atoms with Crippen LogP contribution in [0.3, 0.4) is 0 Å². The van der Waals surface area contributed by atoms with Crippen LogP contribution in [-0.4, -0.2) is 19.6 Å². The number of benzene rings is 8. The summed E-state index contributed by atoms with van der Waals surface area (Å²) in [6, 6.07) is 64.3. The molecular formula is C68H74Cl2O6P2. The lowest BCUT2D eigenvalue weighted by Gasteiger charge is -2.58. The fraction of sp³-hybridized carbons (Fsp3) is 0.294. The third kappa shape index (κ3) is 12.2. The molecule has 0 saturated heterocycles. The fourth-order valence-electron chi connectivity index (χ4n) is 12.5. The van der Waals surface area contributed by atoms with E-state index in [0.29, 0.717) is 34.4 Å². The Balaban J connectivity index is 1.74. The van der Waals surface area contributed by atoms with E-state index in [1.807, 2.05) is 18.2 Å². The average molecular weight is 1120 g/mol. The molecule has 0 aromatic heterocycles. The van der Waals surface area contributed by atoms with Crippen molar-refractivity contribution in [2.24, 2.45) is 0 Å². The van der Waals surface area contributed by atoms with Crippen LogP contribution in [0.25, 0.3) is 0 Å². The van der Waals surface area contributed by atoms with Crippen molar-refractivity contribution in [2.75, 3.05) is 0 Å². The van der Waals surface area contributed by atoms with Gasteiger partial charge in [0.25, 0.3) is 0 Å². The Morgan fingerprint density at radius 1 is 0.423 bits per heavy atom. The Morgan fingerprint density at radius 3 is 1.23 bits per heavy atom. The van der Waals surface area contributed by atoms with E-state index in [-0.39, 0.29) is 17.8 Å². The summed E-state index contributed by atoms with van der Waals surface area (Å²) in [5, 5.41) is 1.26. The van der Waals surface area contributed by atoms with E-state index in [1.165, 1.54) is 0 Å². The van der Waals surface area contributed by atoms with Crippen LogP contribution in [0, 0.1) is 13.8 Å². The Morgan fingerprint density at radius 2 is 0.808 bits per heavy atom. The van der Waals surface area contributed by atoms with Crippen molar-refractivity contribution in [1.82, 2.24) is 0 Å². The van der Waals surface area contributed by atoms with Crippen LogP contribution in [0.4, 0.5) is 0 Å². The van der Waals surface area contributed by atoms with Crippen LogP contribution in [0.5, 0.6) is 11.5 Å². The van der Waals surface area contributed by atoms with Crippen LogP contribution in [0.15, 0.2) is 182 Å².